The molecular formula is C21H29N3O2S. The summed E-state index contributed by atoms with van der Waals surface area (Å²) in [6, 6.07) is 13.6. The van der Waals surface area contributed by atoms with E-state index in [4.69, 9.17) is 9.88 Å². The van der Waals surface area contributed by atoms with Crippen molar-refractivity contribution in [2.75, 3.05) is 25.0 Å². The number of hydrogen-bond donors (Lipinski definition) is 2. The molecule has 1 unspecified atom stereocenters. The van der Waals surface area contributed by atoms with Gasteiger partial charge in [0.05, 0.1) is 10.6 Å². The fourth-order valence-corrected chi connectivity index (χ4v) is 3.94. The zero-order chi connectivity index (χ0) is 19.1. The third kappa shape index (κ3) is 5.54. The Hall–Kier alpha value is -1.89. The molecule has 0 radical (unpaired) electrons. The molecule has 1 aliphatic heterocycles. The summed E-state index contributed by atoms with van der Waals surface area (Å²) in [6.07, 6.45) is 4.65. The molecule has 1 saturated heterocycles. The van der Waals surface area contributed by atoms with Crippen LogP contribution in [0.3, 0.4) is 0 Å². The Bertz CT molecular complexity index is 762. The highest BCUT2D eigenvalue weighted by Crippen LogP contribution is 2.36. The number of anilines is 1. The maximum Gasteiger partial charge on any atom is 0.167 e. The predicted molar refractivity (Wildman–Crippen MR) is 111 cm³/mol. The van der Waals surface area contributed by atoms with Crippen LogP contribution in [0.1, 0.15) is 38.2 Å². The molecule has 1 heterocycles. The molecule has 0 aromatic heterocycles. The van der Waals surface area contributed by atoms with Gasteiger partial charge in [-0.05, 0) is 62.2 Å². The molecule has 146 valence electrons. The number of ether oxygens (including phenoxy) is 1. The molecule has 2 aromatic rings. The van der Waals surface area contributed by atoms with Crippen molar-refractivity contribution >= 4 is 16.7 Å². The number of benzene rings is 2. The highest BCUT2D eigenvalue weighted by molar-refractivity contribution is 7.82. The molecule has 2 aromatic carbocycles. The van der Waals surface area contributed by atoms with Gasteiger partial charge in [-0.25, -0.2) is 9.35 Å². The van der Waals surface area contributed by atoms with E-state index in [1.807, 2.05) is 36.4 Å². The van der Waals surface area contributed by atoms with Gasteiger partial charge in [0.15, 0.2) is 5.75 Å². The first-order valence-corrected chi connectivity index (χ1v) is 10.9. The summed E-state index contributed by atoms with van der Waals surface area (Å²) in [6.45, 7) is 6.07. The summed E-state index contributed by atoms with van der Waals surface area (Å²) < 4.78 is 18.4. The zero-order valence-corrected chi connectivity index (χ0v) is 16.8. The molecule has 1 fully saturated rings. The second-order valence-electron chi connectivity index (χ2n) is 6.95. The van der Waals surface area contributed by atoms with E-state index in [1.165, 1.54) is 12.8 Å². The summed E-state index contributed by atoms with van der Waals surface area (Å²) in [4.78, 5) is 2.96. The molecule has 0 saturated carbocycles. The SMILES string of the molecule is CCCCNc1cc(CN2CCCC2)cc(S(N)=O)c1Oc1ccccc1. The van der Waals surface area contributed by atoms with Gasteiger partial charge >= 0.3 is 0 Å². The van der Waals surface area contributed by atoms with Crippen LogP contribution in [0.25, 0.3) is 0 Å². The van der Waals surface area contributed by atoms with Gasteiger partial charge in [-0.3, -0.25) is 4.90 Å². The lowest BCUT2D eigenvalue weighted by atomic mass is 10.1. The number of para-hydroxylation sites is 1. The minimum absolute atomic E-state index is 0.537. The number of nitrogens with zero attached hydrogens (tertiary/aromatic N) is 1. The smallest absolute Gasteiger partial charge is 0.167 e. The molecular weight excluding hydrogens is 358 g/mol. The van der Waals surface area contributed by atoms with Crippen molar-refractivity contribution in [1.82, 2.24) is 4.90 Å². The maximum absolute atomic E-state index is 12.3. The van der Waals surface area contributed by atoms with Crippen molar-refractivity contribution in [2.24, 2.45) is 5.14 Å². The first-order chi connectivity index (χ1) is 13.2. The zero-order valence-electron chi connectivity index (χ0n) is 15.9. The number of unbranched alkanes of at least 4 members (excludes halogenated alkanes) is 1. The summed E-state index contributed by atoms with van der Waals surface area (Å²) in [5, 5.41) is 9.28. The van der Waals surface area contributed by atoms with Gasteiger partial charge in [-0.15, -0.1) is 0 Å². The van der Waals surface area contributed by atoms with Crippen molar-refractivity contribution in [1.29, 1.82) is 0 Å². The first-order valence-electron chi connectivity index (χ1n) is 9.69. The van der Waals surface area contributed by atoms with Gasteiger partial charge in [0, 0.05) is 13.1 Å². The predicted octanol–water partition coefficient (Wildman–Crippen LogP) is 4.27. The average molecular weight is 388 g/mol. The monoisotopic (exact) mass is 387 g/mol. The number of hydrogen-bond acceptors (Lipinski definition) is 4. The van der Waals surface area contributed by atoms with Gasteiger partial charge in [-0.1, -0.05) is 31.5 Å². The normalized spacial score (nSPS) is 15.6. The van der Waals surface area contributed by atoms with E-state index in [9.17, 15) is 4.21 Å². The minimum atomic E-state index is -1.63. The summed E-state index contributed by atoms with van der Waals surface area (Å²) in [5.74, 6) is 1.26. The van der Waals surface area contributed by atoms with Crippen molar-refractivity contribution in [3.05, 3.63) is 48.0 Å². The Labute approximate surface area is 164 Å². The topological polar surface area (TPSA) is 67.6 Å². The van der Waals surface area contributed by atoms with Crippen molar-refractivity contribution < 1.29 is 8.95 Å². The van der Waals surface area contributed by atoms with E-state index in [-0.39, 0.29) is 0 Å². The van der Waals surface area contributed by atoms with Crippen molar-refractivity contribution in [3.8, 4) is 11.5 Å². The van der Waals surface area contributed by atoms with Gasteiger partial charge in [0.2, 0.25) is 0 Å². The third-order valence-electron chi connectivity index (χ3n) is 4.75. The number of nitrogens with two attached hydrogens (primary N) is 1. The van der Waals surface area contributed by atoms with Crippen LogP contribution in [0.4, 0.5) is 5.69 Å². The van der Waals surface area contributed by atoms with Gasteiger partial charge < -0.3 is 10.1 Å². The van der Waals surface area contributed by atoms with E-state index in [0.29, 0.717) is 16.4 Å². The lowest BCUT2D eigenvalue weighted by molar-refractivity contribution is 0.331. The van der Waals surface area contributed by atoms with Crippen LogP contribution in [0.15, 0.2) is 47.4 Å². The fourth-order valence-electron chi connectivity index (χ4n) is 3.34. The van der Waals surface area contributed by atoms with Crippen LogP contribution in [0.5, 0.6) is 11.5 Å². The highest BCUT2D eigenvalue weighted by atomic mass is 32.2. The first kappa shape index (κ1) is 19.9. The Morgan fingerprint density at radius 2 is 1.93 bits per heavy atom. The molecule has 3 rings (SSSR count). The maximum atomic E-state index is 12.3. The molecule has 6 heteroatoms. The molecule has 3 N–H and O–H groups in total. The van der Waals surface area contributed by atoms with E-state index >= 15 is 0 Å². The average Bonchev–Trinajstić information content (AvgIpc) is 3.17. The lowest BCUT2D eigenvalue weighted by Gasteiger charge is -2.20. The molecule has 27 heavy (non-hydrogen) atoms. The van der Waals surface area contributed by atoms with Crippen LogP contribution in [0.2, 0.25) is 0 Å². The Morgan fingerprint density at radius 3 is 2.59 bits per heavy atom. The second kappa shape index (κ2) is 9.88. The van der Waals surface area contributed by atoms with E-state index in [0.717, 1.165) is 50.3 Å². The number of rotatable bonds is 9. The minimum Gasteiger partial charge on any atom is -0.454 e. The van der Waals surface area contributed by atoms with Crippen LogP contribution in [0, 0.1) is 0 Å². The van der Waals surface area contributed by atoms with Gasteiger partial charge in [0.25, 0.3) is 0 Å². The molecule has 0 spiro atoms. The Morgan fingerprint density at radius 1 is 1.19 bits per heavy atom. The van der Waals surface area contributed by atoms with Crippen LogP contribution in [-0.2, 0) is 17.5 Å². The standard InChI is InChI=1S/C21H29N3O2S/c1-2-3-11-23-19-14-17(16-24-12-7-8-13-24)15-20(27(22)25)21(19)26-18-9-5-4-6-10-18/h4-6,9-10,14-15,23H,2-3,7-8,11-13,16,22H2,1H3. The molecule has 1 atom stereocenters. The quantitative estimate of drug-likeness (QED) is 0.631. The number of likely N-dealkylation sites (tertiary alicyclic amines) is 1. The molecule has 0 bridgehead atoms. The lowest BCUT2D eigenvalue weighted by Crippen LogP contribution is -2.19. The Kier molecular flexibility index (Phi) is 7.26. The molecule has 0 aliphatic carbocycles. The fraction of sp³-hybridized carbons (Fsp3) is 0.429. The second-order valence-corrected chi connectivity index (χ2v) is 7.98. The van der Waals surface area contributed by atoms with Crippen LogP contribution >= 0.6 is 0 Å². The molecule has 0 amide bonds. The summed E-state index contributed by atoms with van der Waals surface area (Å²) in [5.41, 5.74) is 1.97. The molecule has 5 nitrogen and oxygen atoms in total. The summed E-state index contributed by atoms with van der Waals surface area (Å²) >= 11 is 0. The van der Waals surface area contributed by atoms with Gasteiger partial charge in [-0.2, -0.15) is 0 Å². The third-order valence-corrected chi connectivity index (χ3v) is 5.48. The largest absolute Gasteiger partial charge is 0.454 e. The van der Waals surface area contributed by atoms with E-state index in [1.54, 1.807) is 0 Å². The Balaban J connectivity index is 1.94. The number of nitrogens with one attached hydrogen (secondary N) is 1. The van der Waals surface area contributed by atoms with Crippen molar-refractivity contribution in [2.45, 2.75) is 44.0 Å². The van der Waals surface area contributed by atoms with Crippen LogP contribution < -0.4 is 15.2 Å². The van der Waals surface area contributed by atoms with E-state index in [2.05, 4.69) is 23.2 Å². The van der Waals surface area contributed by atoms with Crippen molar-refractivity contribution in [3.63, 3.8) is 0 Å². The van der Waals surface area contributed by atoms with Crippen LogP contribution in [-0.4, -0.2) is 28.7 Å². The summed E-state index contributed by atoms with van der Waals surface area (Å²) in [7, 11) is -1.63. The van der Waals surface area contributed by atoms with Gasteiger partial charge in [0.1, 0.15) is 16.7 Å². The van der Waals surface area contributed by atoms with E-state index < -0.39 is 11.0 Å². The molecule has 1 aliphatic rings. The highest BCUT2D eigenvalue weighted by Gasteiger charge is 2.19.